The van der Waals surface area contributed by atoms with Crippen LogP contribution >= 0.6 is 0 Å². The number of carbonyl (C=O) groups excluding carboxylic acids is 1. The van der Waals surface area contributed by atoms with Gasteiger partial charge in [-0.1, -0.05) is 30.3 Å². The molecule has 1 N–H and O–H groups in total. The van der Waals surface area contributed by atoms with Crippen LogP contribution in [0.2, 0.25) is 0 Å². The molecule has 6 heteroatoms. The number of para-hydroxylation sites is 1. The molecule has 0 fully saturated rings. The van der Waals surface area contributed by atoms with Crippen molar-refractivity contribution >= 4 is 23.0 Å². The summed E-state index contributed by atoms with van der Waals surface area (Å²) in [5.41, 5.74) is 2.10. The number of aromatic nitrogens is 2. The summed E-state index contributed by atoms with van der Waals surface area (Å²) >= 11 is 0. The van der Waals surface area contributed by atoms with Crippen LogP contribution in [-0.4, -0.2) is 15.9 Å². The van der Waals surface area contributed by atoms with E-state index in [4.69, 9.17) is 0 Å². The highest BCUT2D eigenvalue weighted by Gasteiger charge is 2.09. The van der Waals surface area contributed by atoms with Gasteiger partial charge in [-0.05, 0) is 24.3 Å². The Bertz CT molecular complexity index is 819. The van der Waals surface area contributed by atoms with Gasteiger partial charge in [0.25, 0.3) is 5.91 Å². The van der Waals surface area contributed by atoms with Gasteiger partial charge >= 0.3 is 0 Å². The summed E-state index contributed by atoms with van der Waals surface area (Å²) in [5.74, 6) is -0.347. The summed E-state index contributed by atoms with van der Waals surface area (Å²) in [7, 11) is 0. The first kappa shape index (κ1) is 14.5. The Labute approximate surface area is 133 Å². The molecule has 0 spiro atoms. The lowest BCUT2D eigenvalue weighted by molar-refractivity contribution is 0.102. The predicted octanol–water partition coefficient (Wildman–Crippen LogP) is 4.14. The van der Waals surface area contributed by atoms with E-state index in [1.54, 1.807) is 12.1 Å². The SMILES string of the molecule is O=C(Nc1ccccc1N=Nc1ccccc1)c1cnccn1. The van der Waals surface area contributed by atoms with Crippen molar-refractivity contribution in [2.24, 2.45) is 10.2 Å². The Hall–Kier alpha value is -3.41. The van der Waals surface area contributed by atoms with Gasteiger partial charge in [0.15, 0.2) is 0 Å². The zero-order chi connectivity index (χ0) is 15.9. The predicted molar refractivity (Wildman–Crippen MR) is 87.0 cm³/mol. The quantitative estimate of drug-likeness (QED) is 0.735. The maximum Gasteiger partial charge on any atom is 0.275 e. The van der Waals surface area contributed by atoms with Crippen LogP contribution in [0.5, 0.6) is 0 Å². The monoisotopic (exact) mass is 303 g/mol. The fourth-order valence-corrected chi connectivity index (χ4v) is 1.88. The van der Waals surface area contributed by atoms with E-state index in [0.29, 0.717) is 11.4 Å². The molecule has 1 heterocycles. The van der Waals surface area contributed by atoms with E-state index in [-0.39, 0.29) is 11.6 Å². The molecule has 23 heavy (non-hydrogen) atoms. The van der Waals surface area contributed by atoms with Crippen molar-refractivity contribution in [3.8, 4) is 0 Å². The molecule has 3 rings (SSSR count). The molecule has 0 bridgehead atoms. The lowest BCUT2D eigenvalue weighted by Crippen LogP contribution is -2.13. The number of hydrogen-bond donors (Lipinski definition) is 1. The van der Waals surface area contributed by atoms with Crippen LogP contribution < -0.4 is 5.32 Å². The van der Waals surface area contributed by atoms with E-state index in [9.17, 15) is 4.79 Å². The van der Waals surface area contributed by atoms with Gasteiger partial charge in [-0.2, -0.15) is 5.11 Å². The van der Waals surface area contributed by atoms with Gasteiger partial charge in [0.05, 0.1) is 17.6 Å². The van der Waals surface area contributed by atoms with Crippen LogP contribution in [0, 0.1) is 0 Å². The Balaban J connectivity index is 1.81. The van der Waals surface area contributed by atoms with Crippen LogP contribution in [0.15, 0.2) is 83.4 Å². The lowest BCUT2D eigenvalue weighted by Gasteiger charge is -2.06. The summed E-state index contributed by atoms with van der Waals surface area (Å²) in [4.78, 5) is 20.0. The van der Waals surface area contributed by atoms with E-state index in [2.05, 4.69) is 25.5 Å². The van der Waals surface area contributed by atoms with Gasteiger partial charge in [-0.25, -0.2) is 4.98 Å². The van der Waals surface area contributed by atoms with Crippen LogP contribution in [0.25, 0.3) is 0 Å². The molecule has 0 radical (unpaired) electrons. The first-order chi connectivity index (χ1) is 11.3. The molecule has 2 aromatic carbocycles. The van der Waals surface area contributed by atoms with Gasteiger partial charge in [0, 0.05) is 12.4 Å². The minimum Gasteiger partial charge on any atom is -0.319 e. The maximum atomic E-state index is 12.2. The molecule has 6 nitrogen and oxygen atoms in total. The second kappa shape index (κ2) is 7.04. The number of carbonyl (C=O) groups is 1. The average Bonchev–Trinajstić information content (AvgIpc) is 2.62. The van der Waals surface area contributed by atoms with Crippen LogP contribution in [0.3, 0.4) is 0 Å². The molecule has 1 aromatic heterocycles. The third kappa shape index (κ3) is 3.82. The average molecular weight is 303 g/mol. The highest BCUT2D eigenvalue weighted by atomic mass is 16.1. The lowest BCUT2D eigenvalue weighted by atomic mass is 10.2. The standard InChI is InChI=1S/C17H13N5O/c23-17(16-12-18-10-11-19-16)20-14-8-4-5-9-15(14)22-21-13-6-2-1-3-7-13/h1-12H,(H,20,23). The van der Waals surface area contributed by atoms with Crippen molar-refractivity contribution in [2.75, 3.05) is 5.32 Å². The molecule has 0 aliphatic heterocycles. The number of amides is 1. The van der Waals surface area contributed by atoms with E-state index in [1.807, 2.05) is 42.5 Å². The summed E-state index contributed by atoms with van der Waals surface area (Å²) < 4.78 is 0. The zero-order valence-corrected chi connectivity index (χ0v) is 12.1. The maximum absolute atomic E-state index is 12.2. The fraction of sp³-hybridized carbons (Fsp3) is 0. The van der Waals surface area contributed by atoms with Crippen molar-refractivity contribution < 1.29 is 4.79 Å². The summed E-state index contributed by atoms with van der Waals surface area (Å²) in [6, 6.07) is 16.6. The first-order valence-corrected chi connectivity index (χ1v) is 6.96. The van der Waals surface area contributed by atoms with Gasteiger partial charge < -0.3 is 5.32 Å². The molecule has 0 atom stereocenters. The van der Waals surface area contributed by atoms with Gasteiger partial charge in [-0.15, -0.1) is 5.11 Å². The Morgan fingerprint density at radius 1 is 0.913 bits per heavy atom. The number of nitrogens with one attached hydrogen (secondary N) is 1. The smallest absolute Gasteiger partial charge is 0.275 e. The van der Waals surface area contributed by atoms with Gasteiger partial charge in [0.2, 0.25) is 0 Å². The largest absolute Gasteiger partial charge is 0.319 e. The number of anilines is 1. The molecule has 0 aliphatic rings. The third-order valence-electron chi connectivity index (χ3n) is 2.98. The number of hydrogen-bond acceptors (Lipinski definition) is 5. The normalized spacial score (nSPS) is 10.6. The van der Waals surface area contributed by atoms with Crippen LogP contribution in [-0.2, 0) is 0 Å². The van der Waals surface area contributed by atoms with Crippen LogP contribution in [0.4, 0.5) is 17.1 Å². The summed E-state index contributed by atoms with van der Waals surface area (Å²) in [6.45, 7) is 0. The molecular weight excluding hydrogens is 290 g/mol. The van der Waals surface area contributed by atoms with Crippen molar-refractivity contribution in [1.82, 2.24) is 9.97 Å². The molecule has 0 saturated heterocycles. The van der Waals surface area contributed by atoms with Crippen molar-refractivity contribution in [1.29, 1.82) is 0 Å². The molecule has 1 amide bonds. The summed E-state index contributed by atoms with van der Waals surface area (Å²) in [6.07, 6.45) is 4.39. The van der Waals surface area contributed by atoms with Crippen molar-refractivity contribution in [3.05, 3.63) is 78.9 Å². The minimum atomic E-state index is -0.347. The zero-order valence-electron chi connectivity index (χ0n) is 12.1. The Morgan fingerprint density at radius 2 is 1.70 bits per heavy atom. The van der Waals surface area contributed by atoms with Crippen molar-refractivity contribution in [2.45, 2.75) is 0 Å². The van der Waals surface area contributed by atoms with Crippen molar-refractivity contribution in [3.63, 3.8) is 0 Å². The number of rotatable bonds is 4. The topological polar surface area (TPSA) is 79.6 Å². The van der Waals surface area contributed by atoms with E-state index < -0.39 is 0 Å². The highest BCUT2D eigenvalue weighted by Crippen LogP contribution is 2.26. The molecule has 3 aromatic rings. The molecule has 0 saturated carbocycles. The molecule has 0 aliphatic carbocycles. The second-order valence-corrected chi connectivity index (χ2v) is 4.60. The summed E-state index contributed by atoms with van der Waals surface area (Å²) in [5, 5.41) is 11.1. The second-order valence-electron chi connectivity index (χ2n) is 4.60. The van der Waals surface area contributed by atoms with Gasteiger partial charge in [0.1, 0.15) is 11.4 Å². The Kier molecular flexibility index (Phi) is 4.44. The van der Waals surface area contributed by atoms with E-state index in [1.165, 1.54) is 18.6 Å². The van der Waals surface area contributed by atoms with E-state index in [0.717, 1.165) is 5.69 Å². The van der Waals surface area contributed by atoms with Crippen LogP contribution in [0.1, 0.15) is 10.5 Å². The van der Waals surface area contributed by atoms with E-state index >= 15 is 0 Å². The first-order valence-electron chi connectivity index (χ1n) is 6.96. The third-order valence-corrected chi connectivity index (χ3v) is 2.98. The molecule has 0 unspecified atom stereocenters. The number of azo groups is 1. The number of nitrogens with zero attached hydrogens (tertiary/aromatic N) is 4. The highest BCUT2D eigenvalue weighted by molar-refractivity contribution is 6.04. The molecular formula is C17H13N5O. The Morgan fingerprint density at radius 3 is 2.48 bits per heavy atom. The molecule has 112 valence electrons. The van der Waals surface area contributed by atoms with Gasteiger partial charge in [-0.3, -0.25) is 9.78 Å². The minimum absolute atomic E-state index is 0.238. The fourth-order valence-electron chi connectivity index (χ4n) is 1.88. The number of benzene rings is 2.